The van der Waals surface area contributed by atoms with Crippen molar-refractivity contribution in [3.05, 3.63) is 29.8 Å². The summed E-state index contributed by atoms with van der Waals surface area (Å²) in [6, 6.07) is 7.24. The minimum absolute atomic E-state index is 0. The second kappa shape index (κ2) is 9.75. The van der Waals surface area contributed by atoms with E-state index in [2.05, 4.69) is 29.1 Å². The molecule has 0 atom stereocenters. The van der Waals surface area contributed by atoms with Gasteiger partial charge in [0.1, 0.15) is 0 Å². The first-order valence-corrected chi connectivity index (χ1v) is 11.3. The number of piperidine rings is 1. The summed E-state index contributed by atoms with van der Waals surface area (Å²) in [5, 5.41) is 3.40. The van der Waals surface area contributed by atoms with E-state index in [0.29, 0.717) is 29.9 Å². The van der Waals surface area contributed by atoms with Gasteiger partial charge in [-0.1, -0.05) is 32.4 Å². The molecular formula is C20H33IN4O2S. The fourth-order valence-corrected chi connectivity index (χ4v) is 5.36. The zero-order valence-corrected chi connectivity index (χ0v) is 20.3. The second-order valence-electron chi connectivity index (χ2n) is 8.35. The summed E-state index contributed by atoms with van der Waals surface area (Å²) < 4.78 is 27.1. The number of rotatable bonds is 4. The summed E-state index contributed by atoms with van der Waals surface area (Å²) in [6.45, 7) is 8.47. The Morgan fingerprint density at radius 3 is 2.29 bits per heavy atom. The molecule has 0 spiro atoms. The van der Waals surface area contributed by atoms with Gasteiger partial charge in [0.05, 0.1) is 4.90 Å². The number of halogens is 1. The molecule has 2 aliphatic heterocycles. The Labute approximate surface area is 186 Å². The summed E-state index contributed by atoms with van der Waals surface area (Å²) in [4.78, 5) is 7.07. The molecule has 0 radical (unpaired) electrons. The molecule has 1 N–H and O–H groups in total. The molecule has 0 aromatic heterocycles. The third-order valence-electron chi connectivity index (χ3n) is 5.52. The maximum Gasteiger partial charge on any atom is 0.243 e. The van der Waals surface area contributed by atoms with Crippen LogP contribution in [-0.2, 0) is 16.6 Å². The highest BCUT2D eigenvalue weighted by atomic mass is 127. The van der Waals surface area contributed by atoms with E-state index in [9.17, 15) is 8.42 Å². The molecule has 2 saturated heterocycles. The van der Waals surface area contributed by atoms with E-state index in [1.165, 1.54) is 0 Å². The lowest BCUT2D eigenvalue weighted by Gasteiger charge is -2.26. The Balaban J connectivity index is 0.00000280. The number of hydrogen-bond donors (Lipinski definition) is 1. The smallest absolute Gasteiger partial charge is 0.243 e. The van der Waals surface area contributed by atoms with Crippen molar-refractivity contribution in [2.45, 2.75) is 51.0 Å². The quantitative estimate of drug-likeness (QED) is 0.376. The summed E-state index contributed by atoms with van der Waals surface area (Å²) in [6.07, 6.45) is 4.18. The van der Waals surface area contributed by atoms with Gasteiger partial charge in [-0.3, -0.25) is 4.99 Å². The molecule has 1 aromatic rings. The lowest BCUT2D eigenvalue weighted by atomic mass is 9.93. The number of guanidine groups is 1. The van der Waals surface area contributed by atoms with Crippen molar-refractivity contribution < 1.29 is 8.42 Å². The SMILES string of the molecule is CN=C(NCc1ccc(S(=O)(=O)N2CCCCC2)cc1)N1CCC(C)(C)C1.I. The molecule has 0 unspecified atom stereocenters. The molecule has 3 rings (SSSR count). The molecule has 2 heterocycles. The van der Waals surface area contributed by atoms with E-state index in [1.807, 2.05) is 19.2 Å². The number of sulfonamides is 1. The Morgan fingerprint density at radius 2 is 1.75 bits per heavy atom. The van der Waals surface area contributed by atoms with Gasteiger partial charge in [0.2, 0.25) is 10.0 Å². The molecule has 0 saturated carbocycles. The van der Waals surface area contributed by atoms with Crippen molar-refractivity contribution in [1.29, 1.82) is 0 Å². The summed E-state index contributed by atoms with van der Waals surface area (Å²) in [5.41, 5.74) is 1.37. The zero-order chi connectivity index (χ0) is 19.5. The van der Waals surface area contributed by atoms with Gasteiger partial charge < -0.3 is 10.2 Å². The maximum atomic E-state index is 12.7. The average Bonchev–Trinajstić information content (AvgIpc) is 3.03. The van der Waals surface area contributed by atoms with Gasteiger partial charge in [0.15, 0.2) is 5.96 Å². The van der Waals surface area contributed by atoms with Crippen LogP contribution in [0.1, 0.15) is 45.1 Å². The van der Waals surface area contributed by atoms with Crippen molar-refractivity contribution in [2.75, 3.05) is 33.2 Å². The van der Waals surface area contributed by atoms with E-state index in [-0.39, 0.29) is 24.0 Å². The van der Waals surface area contributed by atoms with E-state index in [1.54, 1.807) is 16.4 Å². The highest BCUT2D eigenvalue weighted by molar-refractivity contribution is 14.0. The fourth-order valence-electron chi connectivity index (χ4n) is 3.84. The highest BCUT2D eigenvalue weighted by Gasteiger charge is 2.31. The molecular weight excluding hydrogens is 487 g/mol. The standard InChI is InChI=1S/C20H32N4O2S.HI/c1-20(2)11-14-23(16-20)19(21-3)22-15-17-7-9-18(10-8-17)27(25,26)24-12-5-4-6-13-24;/h7-10H,4-6,11-16H2,1-3H3,(H,21,22);1H. The number of benzene rings is 1. The van der Waals surface area contributed by atoms with Gasteiger partial charge in [-0.25, -0.2) is 8.42 Å². The molecule has 0 amide bonds. The Bertz CT molecular complexity index is 772. The van der Waals surface area contributed by atoms with Crippen LogP contribution in [0.15, 0.2) is 34.2 Å². The molecule has 0 bridgehead atoms. The van der Waals surface area contributed by atoms with Gasteiger partial charge in [0.25, 0.3) is 0 Å². The molecule has 1 aromatic carbocycles. The van der Waals surface area contributed by atoms with Gasteiger partial charge in [-0.05, 0) is 42.4 Å². The molecule has 28 heavy (non-hydrogen) atoms. The fraction of sp³-hybridized carbons (Fsp3) is 0.650. The van der Waals surface area contributed by atoms with Crippen molar-refractivity contribution in [2.24, 2.45) is 10.4 Å². The lowest BCUT2D eigenvalue weighted by Crippen LogP contribution is -2.40. The minimum atomic E-state index is -3.36. The van der Waals surface area contributed by atoms with Crippen molar-refractivity contribution >= 4 is 40.0 Å². The van der Waals surface area contributed by atoms with E-state index < -0.39 is 10.0 Å². The average molecular weight is 520 g/mol. The van der Waals surface area contributed by atoms with Gasteiger partial charge in [-0.15, -0.1) is 24.0 Å². The molecule has 8 heteroatoms. The molecule has 6 nitrogen and oxygen atoms in total. The third-order valence-corrected chi connectivity index (χ3v) is 7.43. The minimum Gasteiger partial charge on any atom is -0.352 e. The first-order valence-electron chi connectivity index (χ1n) is 9.86. The zero-order valence-electron chi connectivity index (χ0n) is 17.1. The topological polar surface area (TPSA) is 65.0 Å². The van der Waals surface area contributed by atoms with Gasteiger partial charge in [-0.2, -0.15) is 4.31 Å². The number of nitrogens with one attached hydrogen (secondary N) is 1. The van der Waals surface area contributed by atoms with Crippen molar-refractivity contribution in [1.82, 2.24) is 14.5 Å². The summed E-state index contributed by atoms with van der Waals surface area (Å²) >= 11 is 0. The largest absolute Gasteiger partial charge is 0.352 e. The molecule has 0 aliphatic carbocycles. The van der Waals surface area contributed by atoms with Crippen LogP contribution < -0.4 is 5.32 Å². The highest BCUT2D eigenvalue weighted by Crippen LogP contribution is 2.28. The lowest BCUT2D eigenvalue weighted by molar-refractivity contribution is 0.346. The number of nitrogens with zero attached hydrogens (tertiary/aromatic N) is 3. The Kier molecular flexibility index (Phi) is 8.16. The normalized spacial score (nSPS) is 20.7. The Hall–Kier alpha value is -0.870. The van der Waals surface area contributed by atoms with Gasteiger partial charge in [0, 0.05) is 39.8 Å². The molecule has 2 fully saturated rings. The van der Waals surface area contributed by atoms with E-state index in [0.717, 1.165) is 50.3 Å². The molecule has 158 valence electrons. The number of likely N-dealkylation sites (tertiary alicyclic amines) is 1. The predicted molar refractivity (Wildman–Crippen MR) is 125 cm³/mol. The van der Waals surface area contributed by atoms with E-state index >= 15 is 0 Å². The van der Waals surface area contributed by atoms with Crippen LogP contribution in [0.25, 0.3) is 0 Å². The maximum absolute atomic E-state index is 12.7. The Morgan fingerprint density at radius 1 is 1.11 bits per heavy atom. The summed E-state index contributed by atoms with van der Waals surface area (Å²) in [5.74, 6) is 0.908. The van der Waals surface area contributed by atoms with Gasteiger partial charge >= 0.3 is 0 Å². The van der Waals surface area contributed by atoms with Crippen molar-refractivity contribution in [3.63, 3.8) is 0 Å². The summed E-state index contributed by atoms with van der Waals surface area (Å²) in [7, 11) is -1.55. The van der Waals surface area contributed by atoms with Crippen LogP contribution in [0.3, 0.4) is 0 Å². The molecule has 2 aliphatic rings. The van der Waals surface area contributed by atoms with Crippen LogP contribution in [0, 0.1) is 5.41 Å². The third kappa shape index (κ3) is 5.60. The second-order valence-corrected chi connectivity index (χ2v) is 10.3. The van der Waals surface area contributed by atoms with Crippen LogP contribution >= 0.6 is 24.0 Å². The van der Waals surface area contributed by atoms with Crippen LogP contribution in [0.4, 0.5) is 0 Å². The predicted octanol–water partition coefficient (Wildman–Crippen LogP) is 3.29. The van der Waals surface area contributed by atoms with Crippen LogP contribution in [0.5, 0.6) is 0 Å². The monoisotopic (exact) mass is 520 g/mol. The number of hydrogen-bond acceptors (Lipinski definition) is 3. The van der Waals surface area contributed by atoms with Crippen LogP contribution in [-0.4, -0.2) is 56.8 Å². The number of aliphatic imine (C=N–C) groups is 1. The van der Waals surface area contributed by atoms with E-state index in [4.69, 9.17) is 0 Å². The first kappa shape index (κ1) is 23.4. The van der Waals surface area contributed by atoms with Crippen molar-refractivity contribution in [3.8, 4) is 0 Å². The first-order chi connectivity index (χ1) is 12.8. The van der Waals surface area contributed by atoms with Crippen LogP contribution in [0.2, 0.25) is 0 Å².